The summed E-state index contributed by atoms with van der Waals surface area (Å²) in [7, 11) is 0. The lowest BCUT2D eigenvalue weighted by Crippen LogP contribution is -2.21. The smallest absolute Gasteiger partial charge is 0.358 e. The van der Waals surface area contributed by atoms with Gasteiger partial charge in [-0.15, -0.1) is 4.63 Å². The SMILES string of the molecule is O=c1onc(-c2nonc2[N+](=O)[O-])n1[C@@H]1CCc2ccc(F)cc21. The molecule has 2 heterocycles. The summed E-state index contributed by atoms with van der Waals surface area (Å²) in [4.78, 5) is 22.3. The van der Waals surface area contributed by atoms with Crippen molar-refractivity contribution < 1.29 is 18.5 Å². The summed E-state index contributed by atoms with van der Waals surface area (Å²) in [5.74, 6) is -2.14. The van der Waals surface area contributed by atoms with E-state index in [-0.39, 0.29) is 11.5 Å². The summed E-state index contributed by atoms with van der Waals surface area (Å²) in [5.41, 5.74) is 1.16. The van der Waals surface area contributed by atoms with Crippen LogP contribution in [0.5, 0.6) is 0 Å². The van der Waals surface area contributed by atoms with Gasteiger partial charge in [0, 0.05) is 0 Å². The fourth-order valence-electron chi connectivity index (χ4n) is 2.95. The standard InChI is InChI=1S/C13H8FN5O5/c14-7-3-1-6-2-4-9(8(6)5-7)18-11(16-23-13(18)20)10-12(19(21)22)17-24-15-10/h1,3,5,9H,2,4H2/t9-/m1/s1. The van der Waals surface area contributed by atoms with E-state index >= 15 is 0 Å². The van der Waals surface area contributed by atoms with Crippen molar-refractivity contribution in [1.29, 1.82) is 0 Å². The zero-order valence-electron chi connectivity index (χ0n) is 11.9. The molecule has 0 fully saturated rings. The van der Waals surface area contributed by atoms with Crippen LogP contribution in [0, 0.1) is 15.9 Å². The molecule has 0 amide bonds. The number of nitro groups is 1. The van der Waals surface area contributed by atoms with Crippen LogP contribution in [0.4, 0.5) is 10.2 Å². The normalized spacial score (nSPS) is 16.3. The van der Waals surface area contributed by atoms with Crippen LogP contribution in [0.15, 0.2) is 32.1 Å². The second-order valence-electron chi connectivity index (χ2n) is 5.23. The highest BCUT2D eigenvalue weighted by molar-refractivity contribution is 5.59. The van der Waals surface area contributed by atoms with Gasteiger partial charge < -0.3 is 10.1 Å². The van der Waals surface area contributed by atoms with Gasteiger partial charge in [0.2, 0.25) is 5.82 Å². The summed E-state index contributed by atoms with van der Waals surface area (Å²) in [6, 6.07) is 3.74. The number of rotatable bonds is 3. The molecule has 4 rings (SSSR count). The quantitative estimate of drug-likeness (QED) is 0.520. The van der Waals surface area contributed by atoms with E-state index in [0.29, 0.717) is 18.4 Å². The molecule has 3 aromatic rings. The summed E-state index contributed by atoms with van der Waals surface area (Å²) in [5, 5.41) is 21.2. The van der Waals surface area contributed by atoms with E-state index < -0.39 is 28.4 Å². The van der Waals surface area contributed by atoms with Crippen molar-refractivity contribution in [3.05, 3.63) is 55.8 Å². The maximum atomic E-state index is 13.6. The van der Waals surface area contributed by atoms with Crippen LogP contribution in [0.25, 0.3) is 11.5 Å². The lowest BCUT2D eigenvalue weighted by atomic mass is 10.1. The first kappa shape index (κ1) is 14.2. The number of aryl methyl sites for hydroxylation is 1. The summed E-state index contributed by atoms with van der Waals surface area (Å²) < 4.78 is 23.7. The van der Waals surface area contributed by atoms with Gasteiger partial charge in [0.05, 0.1) is 6.04 Å². The topological polar surface area (TPSA) is 130 Å². The van der Waals surface area contributed by atoms with Crippen molar-refractivity contribution in [3.8, 4) is 11.5 Å². The van der Waals surface area contributed by atoms with Crippen molar-refractivity contribution in [2.75, 3.05) is 0 Å². The second kappa shape index (κ2) is 5.08. The molecule has 1 aliphatic carbocycles. The van der Waals surface area contributed by atoms with Gasteiger partial charge in [0.15, 0.2) is 5.16 Å². The molecule has 0 aliphatic heterocycles. The number of hydrogen-bond acceptors (Lipinski definition) is 8. The van der Waals surface area contributed by atoms with E-state index in [1.54, 1.807) is 6.07 Å². The van der Waals surface area contributed by atoms with Crippen LogP contribution in [-0.2, 0) is 6.42 Å². The first-order chi connectivity index (χ1) is 11.6. The number of aromatic nitrogens is 4. The highest BCUT2D eigenvalue weighted by Crippen LogP contribution is 2.36. The molecule has 10 nitrogen and oxygen atoms in total. The van der Waals surface area contributed by atoms with Crippen molar-refractivity contribution in [3.63, 3.8) is 0 Å². The molecular formula is C13H8FN5O5. The summed E-state index contributed by atoms with van der Waals surface area (Å²) in [6.45, 7) is 0. The van der Waals surface area contributed by atoms with Crippen LogP contribution < -0.4 is 5.76 Å². The first-order valence-electron chi connectivity index (χ1n) is 6.90. The van der Waals surface area contributed by atoms with E-state index in [0.717, 1.165) is 10.1 Å². The molecule has 0 radical (unpaired) electrons. The van der Waals surface area contributed by atoms with E-state index in [1.807, 2.05) is 0 Å². The molecule has 0 spiro atoms. The van der Waals surface area contributed by atoms with Crippen molar-refractivity contribution >= 4 is 5.82 Å². The molecule has 1 atom stereocenters. The molecule has 0 unspecified atom stereocenters. The third-order valence-electron chi connectivity index (χ3n) is 3.96. The average Bonchev–Trinajstić information content (AvgIpc) is 3.24. The zero-order valence-corrected chi connectivity index (χ0v) is 11.9. The Morgan fingerprint density at radius 2 is 2.17 bits per heavy atom. The van der Waals surface area contributed by atoms with Gasteiger partial charge in [-0.2, -0.15) is 0 Å². The maximum Gasteiger partial charge on any atom is 0.446 e. The van der Waals surface area contributed by atoms with Crippen LogP contribution in [0.3, 0.4) is 0 Å². The molecule has 0 bridgehead atoms. The Morgan fingerprint density at radius 1 is 1.33 bits per heavy atom. The third kappa shape index (κ3) is 2.01. The predicted octanol–water partition coefficient (Wildman–Crippen LogP) is 1.47. The van der Waals surface area contributed by atoms with Gasteiger partial charge in [0.25, 0.3) is 5.69 Å². The Kier molecular flexibility index (Phi) is 3.01. The lowest BCUT2D eigenvalue weighted by molar-refractivity contribution is -0.390. The van der Waals surface area contributed by atoms with Gasteiger partial charge in [-0.3, -0.25) is 4.52 Å². The highest BCUT2D eigenvalue weighted by atomic mass is 19.1. The zero-order chi connectivity index (χ0) is 16.8. The second-order valence-corrected chi connectivity index (χ2v) is 5.23. The molecule has 0 N–H and O–H groups in total. The number of fused-ring (bicyclic) bond motifs is 1. The van der Waals surface area contributed by atoms with Crippen LogP contribution in [-0.4, -0.2) is 25.0 Å². The van der Waals surface area contributed by atoms with Crippen LogP contribution >= 0.6 is 0 Å². The Balaban J connectivity index is 1.89. The largest absolute Gasteiger partial charge is 0.446 e. The van der Waals surface area contributed by atoms with E-state index in [1.165, 1.54) is 12.1 Å². The van der Waals surface area contributed by atoms with Crippen LogP contribution in [0.2, 0.25) is 0 Å². The number of halogens is 1. The number of benzene rings is 1. The fraction of sp³-hybridized carbons (Fsp3) is 0.231. The summed E-state index contributed by atoms with van der Waals surface area (Å²) >= 11 is 0. The van der Waals surface area contributed by atoms with E-state index in [9.17, 15) is 19.3 Å². The van der Waals surface area contributed by atoms with Crippen molar-refractivity contribution in [2.45, 2.75) is 18.9 Å². The van der Waals surface area contributed by atoms with Gasteiger partial charge in [-0.1, -0.05) is 11.2 Å². The molecule has 1 aliphatic rings. The lowest BCUT2D eigenvalue weighted by Gasteiger charge is -2.12. The minimum Gasteiger partial charge on any atom is -0.358 e. The van der Waals surface area contributed by atoms with Gasteiger partial charge in [-0.05, 0) is 46.2 Å². The molecule has 122 valence electrons. The highest BCUT2D eigenvalue weighted by Gasteiger charge is 2.35. The number of hydrogen-bond donors (Lipinski definition) is 0. The Bertz CT molecular complexity index is 1010. The Morgan fingerprint density at radius 3 is 2.96 bits per heavy atom. The van der Waals surface area contributed by atoms with Gasteiger partial charge in [-0.25, -0.2) is 13.8 Å². The van der Waals surface area contributed by atoms with Crippen molar-refractivity contribution in [2.24, 2.45) is 0 Å². The van der Waals surface area contributed by atoms with E-state index in [2.05, 4.69) is 24.6 Å². The molecule has 0 saturated carbocycles. The predicted molar refractivity (Wildman–Crippen MR) is 73.6 cm³/mol. The fourth-order valence-corrected chi connectivity index (χ4v) is 2.95. The average molecular weight is 333 g/mol. The first-order valence-corrected chi connectivity index (χ1v) is 6.90. The molecule has 24 heavy (non-hydrogen) atoms. The van der Waals surface area contributed by atoms with Crippen molar-refractivity contribution in [1.82, 2.24) is 20.0 Å². The van der Waals surface area contributed by atoms with Gasteiger partial charge in [0.1, 0.15) is 5.82 Å². The molecule has 0 saturated heterocycles. The molecule has 11 heteroatoms. The maximum absolute atomic E-state index is 13.6. The molecule has 2 aromatic heterocycles. The molecular weight excluding hydrogens is 325 g/mol. The number of nitrogens with zero attached hydrogens (tertiary/aromatic N) is 5. The monoisotopic (exact) mass is 333 g/mol. The summed E-state index contributed by atoms with van der Waals surface area (Å²) in [6.07, 6.45) is 1.11. The Hall–Kier alpha value is -3.37. The minimum absolute atomic E-state index is 0.185. The Labute approximate surface area is 131 Å². The molecule has 1 aromatic carbocycles. The van der Waals surface area contributed by atoms with E-state index in [4.69, 9.17) is 0 Å². The van der Waals surface area contributed by atoms with Crippen LogP contribution in [0.1, 0.15) is 23.6 Å². The minimum atomic E-state index is -0.829. The third-order valence-corrected chi connectivity index (χ3v) is 3.96. The van der Waals surface area contributed by atoms with Gasteiger partial charge >= 0.3 is 11.6 Å².